The molecule has 0 saturated carbocycles. The predicted molar refractivity (Wildman–Crippen MR) is 55.6 cm³/mol. The molecule has 2 saturated heterocycles. The second-order valence-electron chi connectivity index (χ2n) is 3.97. The van der Waals surface area contributed by atoms with E-state index in [1.54, 1.807) is 0 Å². The lowest BCUT2D eigenvalue weighted by molar-refractivity contribution is -0.122. The molecule has 2 rings (SSSR count). The molecular formula is C11H14OS. The number of ketones is 1. The Hall–Kier alpha value is -0.420. The van der Waals surface area contributed by atoms with Crippen molar-refractivity contribution in [1.29, 1.82) is 0 Å². The Labute approximate surface area is 83.7 Å². The fraction of sp³-hybridized carbons (Fsp3) is 0.727. The molecule has 2 aliphatic rings. The third-order valence-electron chi connectivity index (χ3n) is 3.02. The van der Waals surface area contributed by atoms with Crippen molar-refractivity contribution in [2.24, 2.45) is 5.92 Å². The molecule has 1 nitrogen and oxygen atoms in total. The molecule has 0 aromatic heterocycles. The van der Waals surface area contributed by atoms with Crippen LogP contribution in [0.3, 0.4) is 0 Å². The quantitative estimate of drug-likeness (QED) is 0.627. The molecule has 2 heteroatoms. The van der Waals surface area contributed by atoms with Crippen molar-refractivity contribution in [1.82, 2.24) is 0 Å². The van der Waals surface area contributed by atoms with Gasteiger partial charge in [-0.05, 0) is 25.7 Å². The number of hydrogen-bond acceptors (Lipinski definition) is 2. The van der Waals surface area contributed by atoms with Gasteiger partial charge in [-0.3, -0.25) is 4.79 Å². The number of thioether (sulfide) groups is 1. The van der Waals surface area contributed by atoms with Crippen molar-refractivity contribution in [3.05, 3.63) is 0 Å². The van der Waals surface area contributed by atoms with E-state index >= 15 is 0 Å². The monoisotopic (exact) mass is 194 g/mol. The summed E-state index contributed by atoms with van der Waals surface area (Å²) in [5.74, 6) is 3.05. The molecule has 2 bridgehead atoms. The maximum Gasteiger partial charge on any atom is 0.147 e. The summed E-state index contributed by atoms with van der Waals surface area (Å²) in [5.41, 5.74) is 0. The lowest BCUT2D eigenvalue weighted by atomic mass is 9.93. The smallest absolute Gasteiger partial charge is 0.147 e. The van der Waals surface area contributed by atoms with Gasteiger partial charge in [-0.1, -0.05) is 5.92 Å². The topological polar surface area (TPSA) is 17.1 Å². The number of hydrogen-bond donors (Lipinski definition) is 0. The van der Waals surface area contributed by atoms with E-state index in [9.17, 15) is 4.79 Å². The molecule has 70 valence electrons. The van der Waals surface area contributed by atoms with Crippen LogP contribution in [0.1, 0.15) is 32.1 Å². The molecule has 0 amide bonds. The molecule has 0 spiro atoms. The Morgan fingerprint density at radius 3 is 2.54 bits per heavy atom. The van der Waals surface area contributed by atoms with Crippen LogP contribution >= 0.6 is 11.8 Å². The molecule has 0 radical (unpaired) electrons. The van der Waals surface area contributed by atoms with E-state index in [1.165, 1.54) is 12.8 Å². The number of Topliss-reactive ketones (excluding diaryl/α,β-unsaturated/α-hetero) is 1. The van der Waals surface area contributed by atoms with Gasteiger partial charge in [0.2, 0.25) is 0 Å². The van der Waals surface area contributed by atoms with Crippen LogP contribution in [-0.2, 0) is 4.79 Å². The second kappa shape index (κ2) is 3.75. The molecule has 0 aliphatic carbocycles. The molecule has 2 unspecified atom stereocenters. The summed E-state index contributed by atoms with van der Waals surface area (Å²) >= 11 is 2.09. The third kappa shape index (κ3) is 1.91. The first-order valence-corrected chi connectivity index (χ1v) is 5.85. The van der Waals surface area contributed by atoms with Gasteiger partial charge in [-0.2, -0.15) is 11.8 Å². The Morgan fingerprint density at radius 1 is 1.38 bits per heavy atom. The predicted octanol–water partition coefficient (Wildman–Crippen LogP) is 2.25. The molecule has 2 fully saturated rings. The van der Waals surface area contributed by atoms with Crippen LogP contribution < -0.4 is 0 Å². The normalized spacial score (nSPS) is 37.0. The van der Waals surface area contributed by atoms with E-state index < -0.39 is 0 Å². The van der Waals surface area contributed by atoms with Gasteiger partial charge in [0, 0.05) is 16.4 Å². The van der Waals surface area contributed by atoms with Gasteiger partial charge in [0.1, 0.15) is 5.78 Å². The summed E-state index contributed by atoms with van der Waals surface area (Å²) < 4.78 is 0. The summed E-state index contributed by atoms with van der Waals surface area (Å²) in [6, 6.07) is 0. The van der Waals surface area contributed by atoms with Crippen molar-refractivity contribution in [2.45, 2.75) is 42.6 Å². The highest BCUT2D eigenvalue weighted by Gasteiger charge is 2.37. The summed E-state index contributed by atoms with van der Waals surface area (Å²) in [5, 5.41) is 1.51. The fourth-order valence-electron chi connectivity index (χ4n) is 2.37. The average molecular weight is 194 g/mol. The Bertz CT molecular complexity index is 241. The van der Waals surface area contributed by atoms with Crippen molar-refractivity contribution in [3.63, 3.8) is 0 Å². The molecule has 13 heavy (non-hydrogen) atoms. The highest BCUT2D eigenvalue weighted by Crippen LogP contribution is 2.46. The summed E-state index contributed by atoms with van der Waals surface area (Å²) in [7, 11) is 0. The van der Waals surface area contributed by atoms with Crippen LogP contribution in [0.2, 0.25) is 0 Å². The minimum Gasteiger partial charge on any atom is -0.298 e. The van der Waals surface area contributed by atoms with E-state index in [4.69, 9.17) is 6.42 Å². The highest BCUT2D eigenvalue weighted by molar-refractivity contribution is 8.00. The van der Waals surface area contributed by atoms with Crippen molar-refractivity contribution >= 4 is 17.5 Å². The minimum absolute atomic E-state index is 0.287. The maximum absolute atomic E-state index is 11.6. The van der Waals surface area contributed by atoms with Gasteiger partial charge in [0.05, 0.1) is 6.42 Å². The Balaban J connectivity index is 1.95. The Morgan fingerprint density at radius 2 is 2.00 bits per heavy atom. The lowest BCUT2D eigenvalue weighted by Crippen LogP contribution is -2.24. The van der Waals surface area contributed by atoms with E-state index in [-0.39, 0.29) is 5.92 Å². The first-order valence-electron chi connectivity index (χ1n) is 4.91. The molecule has 2 aliphatic heterocycles. The van der Waals surface area contributed by atoms with Crippen molar-refractivity contribution in [2.75, 3.05) is 0 Å². The molecular weight excluding hydrogens is 180 g/mol. The average Bonchev–Trinajstić information content (AvgIpc) is 2.46. The van der Waals surface area contributed by atoms with Gasteiger partial charge in [-0.15, -0.1) is 6.42 Å². The van der Waals surface area contributed by atoms with Gasteiger partial charge in [0.25, 0.3) is 0 Å². The van der Waals surface area contributed by atoms with Crippen LogP contribution in [0.25, 0.3) is 0 Å². The number of rotatable bonds is 2. The number of fused-ring (bicyclic) bond motifs is 2. The molecule has 0 aromatic rings. The van der Waals surface area contributed by atoms with E-state index in [0.717, 1.165) is 23.3 Å². The molecule has 0 aromatic carbocycles. The maximum atomic E-state index is 11.6. The second-order valence-corrected chi connectivity index (χ2v) is 5.58. The van der Waals surface area contributed by atoms with Gasteiger partial charge < -0.3 is 0 Å². The zero-order valence-corrected chi connectivity index (χ0v) is 8.48. The fourth-order valence-corrected chi connectivity index (χ4v) is 4.14. The number of carbonyl (C=O) groups is 1. The van der Waals surface area contributed by atoms with Crippen LogP contribution in [-0.4, -0.2) is 16.3 Å². The van der Waals surface area contributed by atoms with Gasteiger partial charge >= 0.3 is 0 Å². The highest BCUT2D eigenvalue weighted by atomic mass is 32.2. The SMILES string of the molecule is C#CCC(=O)C1CC2CCC(C1)S2. The molecule has 2 atom stereocenters. The van der Waals surface area contributed by atoms with Crippen LogP contribution in [0.4, 0.5) is 0 Å². The van der Waals surface area contributed by atoms with E-state index in [0.29, 0.717) is 12.2 Å². The first kappa shape index (κ1) is 9.15. The van der Waals surface area contributed by atoms with E-state index in [2.05, 4.69) is 17.7 Å². The van der Waals surface area contributed by atoms with Gasteiger partial charge in [-0.25, -0.2) is 0 Å². The third-order valence-corrected chi connectivity index (χ3v) is 4.65. The summed E-state index contributed by atoms with van der Waals surface area (Å²) in [6.07, 6.45) is 10.3. The van der Waals surface area contributed by atoms with E-state index in [1.807, 2.05) is 0 Å². The molecule has 0 N–H and O–H groups in total. The lowest BCUT2D eigenvalue weighted by Gasteiger charge is -2.25. The number of carbonyl (C=O) groups excluding carboxylic acids is 1. The zero-order chi connectivity index (χ0) is 9.26. The minimum atomic E-state index is 0.287. The standard InChI is InChI=1S/C11H14OS/c1-2-3-11(12)8-6-9-4-5-10(7-8)13-9/h1,8-10H,3-7H2. The van der Waals surface area contributed by atoms with Crippen LogP contribution in [0.15, 0.2) is 0 Å². The summed E-state index contributed by atoms with van der Waals surface area (Å²) in [6.45, 7) is 0. The Kier molecular flexibility index (Phi) is 2.64. The number of terminal acetylenes is 1. The van der Waals surface area contributed by atoms with Crippen molar-refractivity contribution in [3.8, 4) is 12.3 Å². The largest absolute Gasteiger partial charge is 0.298 e. The van der Waals surface area contributed by atoms with Crippen LogP contribution in [0, 0.1) is 18.3 Å². The zero-order valence-electron chi connectivity index (χ0n) is 7.66. The van der Waals surface area contributed by atoms with Crippen LogP contribution in [0.5, 0.6) is 0 Å². The van der Waals surface area contributed by atoms with Gasteiger partial charge in [0.15, 0.2) is 0 Å². The summed E-state index contributed by atoms with van der Waals surface area (Å²) in [4.78, 5) is 11.6. The van der Waals surface area contributed by atoms with Crippen molar-refractivity contribution < 1.29 is 4.79 Å². The molecule has 2 heterocycles. The first-order chi connectivity index (χ1) is 6.29.